The van der Waals surface area contributed by atoms with Crippen molar-refractivity contribution in [3.63, 3.8) is 0 Å². The predicted octanol–water partition coefficient (Wildman–Crippen LogP) is 2.65. The minimum Gasteiger partial charge on any atom is -0.508 e. The van der Waals surface area contributed by atoms with E-state index in [0.29, 0.717) is 5.69 Å². The highest BCUT2D eigenvalue weighted by Crippen LogP contribution is 2.29. The van der Waals surface area contributed by atoms with Crippen molar-refractivity contribution in [2.24, 2.45) is 7.05 Å². The van der Waals surface area contributed by atoms with Crippen molar-refractivity contribution in [3.8, 4) is 5.75 Å². The zero-order valence-electron chi connectivity index (χ0n) is 10.3. The minimum atomic E-state index is -0.670. The predicted molar refractivity (Wildman–Crippen MR) is 75.8 cm³/mol. The quantitative estimate of drug-likeness (QED) is 0.510. The molecule has 1 amide bonds. The van der Waals surface area contributed by atoms with Gasteiger partial charge in [0.05, 0.1) is 11.0 Å². The Bertz CT molecular complexity index is 696. The first-order valence-electron chi connectivity index (χ1n) is 5.49. The van der Waals surface area contributed by atoms with Gasteiger partial charge in [-0.15, -0.1) is 0 Å². The third-order valence-corrected chi connectivity index (χ3v) is 3.06. The van der Waals surface area contributed by atoms with E-state index in [9.17, 15) is 20.0 Å². The first kappa shape index (κ1) is 14.1. The van der Waals surface area contributed by atoms with E-state index >= 15 is 0 Å². The summed E-state index contributed by atoms with van der Waals surface area (Å²) in [6, 6.07) is 5.13. The minimum absolute atomic E-state index is 0.0233. The van der Waals surface area contributed by atoms with E-state index in [1.165, 1.54) is 12.1 Å². The fraction of sp³-hybridized carbons (Fsp3) is 0.0833. The summed E-state index contributed by atoms with van der Waals surface area (Å²) in [6.07, 6.45) is 1.69. The molecule has 1 aromatic carbocycles. The number of phenolic OH excluding ortho intramolecular Hbond substituents is 1. The Hall–Kier alpha value is -2.35. The second-order valence-electron chi connectivity index (χ2n) is 4.07. The standard InChI is InChI=1S/C12H10BrN3O4/c1-15-6-7(13)4-11(15)12(18)14-9-3-2-8(17)5-10(9)16(19)20/h2-6,17H,1H3,(H,14,18). The van der Waals surface area contributed by atoms with Crippen LogP contribution in [0, 0.1) is 10.1 Å². The summed E-state index contributed by atoms with van der Waals surface area (Å²) < 4.78 is 2.32. The second-order valence-corrected chi connectivity index (χ2v) is 4.98. The van der Waals surface area contributed by atoms with Crippen LogP contribution < -0.4 is 5.32 Å². The van der Waals surface area contributed by atoms with E-state index in [2.05, 4.69) is 21.2 Å². The molecule has 1 aromatic heterocycles. The Labute approximate surface area is 122 Å². The largest absolute Gasteiger partial charge is 0.508 e. The molecule has 7 nitrogen and oxygen atoms in total. The van der Waals surface area contributed by atoms with Crippen molar-refractivity contribution in [2.75, 3.05) is 5.32 Å². The van der Waals surface area contributed by atoms with E-state index in [1.54, 1.807) is 23.9 Å². The van der Waals surface area contributed by atoms with Crippen LogP contribution in [0.5, 0.6) is 5.75 Å². The van der Waals surface area contributed by atoms with Gasteiger partial charge in [-0.3, -0.25) is 14.9 Å². The van der Waals surface area contributed by atoms with Crippen LogP contribution in [0.4, 0.5) is 11.4 Å². The number of carbonyl (C=O) groups is 1. The fourth-order valence-corrected chi connectivity index (χ4v) is 2.24. The molecule has 0 fully saturated rings. The van der Waals surface area contributed by atoms with Gasteiger partial charge in [-0.1, -0.05) is 0 Å². The fourth-order valence-electron chi connectivity index (χ4n) is 1.71. The third-order valence-electron chi connectivity index (χ3n) is 2.63. The summed E-state index contributed by atoms with van der Waals surface area (Å²) in [5, 5.41) is 22.6. The summed E-state index contributed by atoms with van der Waals surface area (Å²) in [7, 11) is 1.69. The van der Waals surface area contributed by atoms with Crippen LogP contribution in [0.1, 0.15) is 10.5 Å². The molecule has 0 aliphatic rings. The first-order chi connectivity index (χ1) is 9.38. The van der Waals surface area contributed by atoms with Gasteiger partial charge in [0.25, 0.3) is 11.6 Å². The molecular weight excluding hydrogens is 330 g/mol. The monoisotopic (exact) mass is 339 g/mol. The van der Waals surface area contributed by atoms with Crippen LogP contribution in [0.25, 0.3) is 0 Å². The second kappa shape index (κ2) is 5.33. The average molecular weight is 340 g/mol. The SMILES string of the molecule is Cn1cc(Br)cc1C(=O)Nc1ccc(O)cc1[N+](=O)[O-]. The Kier molecular flexibility index (Phi) is 3.75. The Balaban J connectivity index is 2.33. The summed E-state index contributed by atoms with van der Waals surface area (Å²) in [6.45, 7) is 0. The Morgan fingerprint density at radius 1 is 1.45 bits per heavy atom. The van der Waals surface area contributed by atoms with E-state index in [4.69, 9.17) is 0 Å². The van der Waals surface area contributed by atoms with Crippen LogP contribution in [-0.2, 0) is 7.05 Å². The zero-order valence-corrected chi connectivity index (χ0v) is 11.9. The molecule has 0 spiro atoms. The molecular formula is C12H10BrN3O4. The molecule has 1 heterocycles. The van der Waals surface area contributed by atoms with Gasteiger partial charge in [0.2, 0.25) is 0 Å². The number of aromatic hydroxyl groups is 1. The molecule has 20 heavy (non-hydrogen) atoms. The molecule has 104 valence electrons. The van der Waals surface area contributed by atoms with E-state index in [0.717, 1.165) is 10.5 Å². The highest BCUT2D eigenvalue weighted by atomic mass is 79.9. The van der Waals surface area contributed by atoms with Crippen LogP contribution in [0.3, 0.4) is 0 Å². The first-order valence-corrected chi connectivity index (χ1v) is 6.28. The lowest BCUT2D eigenvalue weighted by Gasteiger charge is -2.07. The highest BCUT2D eigenvalue weighted by molar-refractivity contribution is 9.10. The topological polar surface area (TPSA) is 97.4 Å². The summed E-state index contributed by atoms with van der Waals surface area (Å²) in [5.41, 5.74) is 0.000922. The van der Waals surface area contributed by atoms with Gasteiger partial charge in [0, 0.05) is 17.7 Å². The van der Waals surface area contributed by atoms with Crippen LogP contribution in [-0.4, -0.2) is 20.5 Å². The van der Waals surface area contributed by atoms with Crippen molar-refractivity contribution < 1.29 is 14.8 Å². The number of phenols is 1. The summed E-state index contributed by atoms with van der Waals surface area (Å²) in [4.78, 5) is 22.3. The van der Waals surface area contributed by atoms with Crippen molar-refractivity contribution in [3.05, 3.63) is 50.7 Å². The van der Waals surface area contributed by atoms with Crippen LogP contribution in [0.2, 0.25) is 0 Å². The van der Waals surface area contributed by atoms with Crippen molar-refractivity contribution in [1.29, 1.82) is 0 Å². The van der Waals surface area contributed by atoms with Gasteiger partial charge < -0.3 is 15.0 Å². The molecule has 0 aliphatic heterocycles. The van der Waals surface area contributed by atoms with E-state index in [1.807, 2.05) is 0 Å². The van der Waals surface area contributed by atoms with Gasteiger partial charge >= 0.3 is 0 Å². The molecule has 0 radical (unpaired) electrons. The molecule has 0 unspecified atom stereocenters. The molecule has 2 rings (SSSR count). The van der Waals surface area contributed by atoms with Gasteiger partial charge in [-0.2, -0.15) is 0 Å². The van der Waals surface area contributed by atoms with Gasteiger partial charge in [0.15, 0.2) is 0 Å². The number of nitrogens with zero attached hydrogens (tertiary/aromatic N) is 2. The normalized spacial score (nSPS) is 10.3. The number of benzene rings is 1. The zero-order chi connectivity index (χ0) is 14.9. The maximum Gasteiger partial charge on any atom is 0.296 e. The maximum atomic E-state index is 12.1. The van der Waals surface area contributed by atoms with Gasteiger partial charge in [-0.05, 0) is 34.1 Å². The number of nitrogens with one attached hydrogen (secondary N) is 1. The lowest BCUT2D eigenvalue weighted by atomic mass is 10.2. The molecule has 0 saturated heterocycles. The van der Waals surface area contributed by atoms with E-state index < -0.39 is 10.8 Å². The van der Waals surface area contributed by atoms with Crippen LogP contribution in [0.15, 0.2) is 34.9 Å². The molecule has 0 bridgehead atoms. The van der Waals surface area contributed by atoms with Crippen LogP contribution >= 0.6 is 15.9 Å². The maximum absolute atomic E-state index is 12.1. The Morgan fingerprint density at radius 3 is 2.70 bits per heavy atom. The number of amides is 1. The number of rotatable bonds is 3. The number of anilines is 1. The number of carbonyl (C=O) groups excluding carboxylic acids is 1. The molecule has 0 aliphatic carbocycles. The molecule has 8 heteroatoms. The number of nitro groups is 1. The summed E-state index contributed by atoms with van der Waals surface area (Å²) in [5.74, 6) is -0.719. The smallest absolute Gasteiger partial charge is 0.296 e. The van der Waals surface area contributed by atoms with Gasteiger partial charge in [-0.25, -0.2) is 0 Å². The number of aromatic nitrogens is 1. The molecule has 0 saturated carbocycles. The van der Waals surface area contributed by atoms with Crippen molar-refractivity contribution >= 4 is 33.2 Å². The van der Waals surface area contributed by atoms with Crippen molar-refractivity contribution in [2.45, 2.75) is 0 Å². The number of nitro benzene ring substituents is 1. The molecule has 2 aromatic rings. The molecule has 2 N–H and O–H groups in total. The lowest BCUT2D eigenvalue weighted by molar-refractivity contribution is -0.384. The average Bonchev–Trinajstić information content (AvgIpc) is 2.70. The number of halogens is 1. The highest BCUT2D eigenvalue weighted by Gasteiger charge is 2.19. The van der Waals surface area contributed by atoms with Gasteiger partial charge in [0.1, 0.15) is 17.1 Å². The molecule has 0 atom stereocenters. The number of hydrogen-bond donors (Lipinski definition) is 2. The van der Waals surface area contributed by atoms with E-state index in [-0.39, 0.29) is 17.1 Å². The number of hydrogen-bond acceptors (Lipinski definition) is 4. The Morgan fingerprint density at radius 2 is 2.15 bits per heavy atom. The number of aryl methyl sites for hydroxylation is 1. The summed E-state index contributed by atoms with van der Waals surface area (Å²) >= 11 is 3.24. The third kappa shape index (κ3) is 2.80. The van der Waals surface area contributed by atoms with Crippen molar-refractivity contribution in [1.82, 2.24) is 4.57 Å². The lowest BCUT2D eigenvalue weighted by Crippen LogP contribution is -2.16.